The van der Waals surface area contributed by atoms with E-state index in [4.69, 9.17) is 10.5 Å². The molecule has 1 saturated heterocycles. The van der Waals surface area contributed by atoms with Gasteiger partial charge in [-0.3, -0.25) is 4.79 Å². The van der Waals surface area contributed by atoms with Crippen LogP contribution in [0.4, 0.5) is 0 Å². The lowest BCUT2D eigenvalue weighted by atomic mass is 9.91. The average molecular weight is 337 g/mol. The van der Waals surface area contributed by atoms with E-state index in [2.05, 4.69) is 43.4 Å². The zero-order valence-electron chi connectivity index (χ0n) is 14.2. The quantitative estimate of drug-likeness (QED) is 0.784. The molecule has 0 aromatic heterocycles. The molecular weight excluding hydrogens is 308 g/mol. The molecule has 0 bridgehead atoms. The van der Waals surface area contributed by atoms with E-state index in [1.54, 1.807) is 0 Å². The number of thioether (sulfide) groups is 1. The molecule has 1 aromatic rings. The third-order valence-corrected chi connectivity index (χ3v) is 5.20. The second-order valence-corrected chi connectivity index (χ2v) is 8.09. The molecule has 1 aromatic carbocycles. The van der Waals surface area contributed by atoms with E-state index in [0.717, 1.165) is 18.4 Å². The first-order valence-electron chi connectivity index (χ1n) is 8.37. The van der Waals surface area contributed by atoms with Crippen LogP contribution in [0.15, 0.2) is 29.2 Å². The van der Waals surface area contributed by atoms with Gasteiger partial charge in [-0.1, -0.05) is 26.0 Å². The number of amides is 1. The minimum atomic E-state index is -0.447. The maximum Gasteiger partial charge on any atom is 0.237 e. The van der Waals surface area contributed by atoms with Gasteiger partial charge in [-0.15, -0.1) is 11.8 Å². The highest BCUT2D eigenvalue weighted by Crippen LogP contribution is 2.25. The Morgan fingerprint density at radius 3 is 2.39 bits per heavy atom. The van der Waals surface area contributed by atoms with Crippen LogP contribution in [0.5, 0.6) is 0 Å². The fourth-order valence-electron chi connectivity index (χ4n) is 2.79. The standard InChI is InChI=1S/C18H28N2O2S/c1-12(2)23-16-6-4-14(5-7-16)13(3)20-18(21)17(19)15-8-10-22-11-9-15/h4-7,12-13,15,17H,8-11,19H2,1-3H3,(H,20,21). The van der Waals surface area contributed by atoms with Gasteiger partial charge in [0, 0.05) is 23.4 Å². The number of nitrogens with two attached hydrogens (primary N) is 1. The van der Waals surface area contributed by atoms with Crippen LogP contribution >= 0.6 is 11.8 Å². The molecule has 1 amide bonds. The smallest absolute Gasteiger partial charge is 0.237 e. The average Bonchev–Trinajstić information content (AvgIpc) is 2.55. The van der Waals surface area contributed by atoms with Crippen LogP contribution in [0.3, 0.4) is 0 Å². The molecule has 0 aliphatic carbocycles. The number of rotatable bonds is 6. The predicted octanol–water partition coefficient (Wildman–Crippen LogP) is 3.12. The molecular formula is C18H28N2O2S. The fraction of sp³-hybridized carbons (Fsp3) is 0.611. The zero-order chi connectivity index (χ0) is 16.8. The SMILES string of the molecule is CC(C)Sc1ccc(C(C)NC(=O)C(N)C2CCOCC2)cc1. The predicted molar refractivity (Wildman–Crippen MR) is 95.5 cm³/mol. The minimum absolute atomic E-state index is 0.0357. The summed E-state index contributed by atoms with van der Waals surface area (Å²) in [6, 6.07) is 7.90. The van der Waals surface area contributed by atoms with Crippen molar-refractivity contribution in [2.75, 3.05) is 13.2 Å². The topological polar surface area (TPSA) is 64.4 Å². The van der Waals surface area contributed by atoms with Crippen LogP contribution in [0.1, 0.15) is 45.2 Å². The van der Waals surface area contributed by atoms with Crippen LogP contribution in [0, 0.1) is 5.92 Å². The van der Waals surface area contributed by atoms with E-state index in [9.17, 15) is 4.79 Å². The summed E-state index contributed by atoms with van der Waals surface area (Å²) < 4.78 is 5.33. The Bertz CT molecular complexity index is 498. The van der Waals surface area contributed by atoms with E-state index < -0.39 is 6.04 Å². The summed E-state index contributed by atoms with van der Waals surface area (Å²) in [7, 11) is 0. The van der Waals surface area contributed by atoms with E-state index in [1.165, 1.54) is 4.90 Å². The lowest BCUT2D eigenvalue weighted by molar-refractivity contribution is -0.125. The number of hydrogen-bond donors (Lipinski definition) is 2. The van der Waals surface area contributed by atoms with Gasteiger partial charge in [-0.25, -0.2) is 0 Å². The van der Waals surface area contributed by atoms with Gasteiger partial charge in [0.05, 0.1) is 12.1 Å². The summed E-state index contributed by atoms with van der Waals surface area (Å²) in [4.78, 5) is 13.6. The zero-order valence-corrected chi connectivity index (χ0v) is 15.1. The van der Waals surface area contributed by atoms with Crippen molar-refractivity contribution in [2.24, 2.45) is 11.7 Å². The Balaban J connectivity index is 1.89. The third-order valence-electron chi connectivity index (χ3n) is 4.19. The molecule has 1 heterocycles. The molecule has 0 spiro atoms. The molecule has 1 fully saturated rings. The molecule has 2 rings (SSSR count). The summed E-state index contributed by atoms with van der Waals surface area (Å²) in [6.45, 7) is 7.77. The van der Waals surface area contributed by atoms with Crippen molar-refractivity contribution in [1.29, 1.82) is 0 Å². The Hall–Kier alpha value is -1.04. The largest absolute Gasteiger partial charge is 0.381 e. The van der Waals surface area contributed by atoms with E-state index >= 15 is 0 Å². The van der Waals surface area contributed by atoms with Crippen molar-refractivity contribution >= 4 is 17.7 Å². The number of ether oxygens (including phenoxy) is 1. The molecule has 5 heteroatoms. The molecule has 128 valence electrons. The van der Waals surface area contributed by atoms with Gasteiger partial charge in [-0.05, 0) is 43.4 Å². The lowest BCUT2D eigenvalue weighted by Crippen LogP contribution is -2.47. The van der Waals surface area contributed by atoms with Crippen molar-refractivity contribution in [2.45, 2.75) is 55.8 Å². The van der Waals surface area contributed by atoms with Crippen molar-refractivity contribution < 1.29 is 9.53 Å². The van der Waals surface area contributed by atoms with Gasteiger partial charge in [0.2, 0.25) is 5.91 Å². The van der Waals surface area contributed by atoms with Gasteiger partial charge >= 0.3 is 0 Å². The van der Waals surface area contributed by atoms with Crippen molar-refractivity contribution in [3.63, 3.8) is 0 Å². The number of nitrogens with one attached hydrogen (secondary N) is 1. The molecule has 4 nitrogen and oxygen atoms in total. The molecule has 1 aliphatic heterocycles. The number of carbonyl (C=O) groups is 1. The first-order chi connectivity index (χ1) is 11.0. The second-order valence-electron chi connectivity index (χ2n) is 6.44. The van der Waals surface area contributed by atoms with Crippen LogP contribution in [0.2, 0.25) is 0 Å². The van der Waals surface area contributed by atoms with Gasteiger partial charge in [0.1, 0.15) is 0 Å². The second kappa shape index (κ2) is 8.71. The van der Waals surface area contributed by atoms with Crippen molar-refractivity contribution in [3.8, 4) is 0 Å². The van der Waals surface area contributed by atoms with E-state index in [1.807, 2.05) is 18.7 Å². The first-order valence-corrected chi connectivity index (χ1v) is 9.25. The van der Waals surface area contributed by atoms with Gasteiger partial charge in [0.25, 0.3) is 0 Å². The highest BCUT2D eigenvalue weighted by Gasteiger charge is 2.27. The van der Waals surface area contributed by atoms with E-state index in [0.29, 0.717) is 18.5 Å². The molecule has 2 unspecified atom stereocenters. The molecule has 0 saturated carbocycles. The number of benzene rings is 1. The van der Waals surface area contributed by atoms with Crippen LogP contribution in [-0.2, 0) is 9.53 Å². The summed E-state index contributed by atoms with van der Waals surface area (Å²) in [5.74, 6) is 0.158. The minimum Gasteiger partial charge on any atom is -0.381 e. The molecule has 2 atom stereocenters. The monoisotopic (exact) mass is 336 g/mol. The van der Waals surface area contributed by atoms with E-state index in [-0.39, 0.29) is 17.9 Å². The third kappa shape index (κ3) is 5.52. The Morgan fingerprint density at radius 1 is 1.22 bits per heavy atom. The Morgan fingerprint density at radius 2 is 1.83 bits per heavy atom. The highest BCUT2D eigenvalue weighted by molar-refractivity contribution is 7.99. The molecule has 0 radical (unpaired) electrons. The number of hydrogen-bond acceptors (Lipinski definition) is 4. The fourth-order valence-corrected chi connectivity index (χ4v) is 3.63. The van der Waals surface area contributed by atoms with Crippen LogP contribution < -0.4 is 11.1 Å². The molecule has 3 N–H and O–H groups in total. The Kier molecular flexibility index (Phi) is 6.93. The maximum absolute atomic E-state index is 12.4. The van der Waals surface area contributed by atoms with Gasteiger partial charge in [0.15, 0.2) is 0 Å². The molecule has 1 aliphatic rings. The molecule has 23 heavy (non-hydrogen) atoms. The number of carbonyl (C=O) groups excluding carboxylic acids is 1. The summed E-state index contributed by atoms with van der Waals surface area (Å²) in [5, 5.41) is 3.61. The summed E-state index contributed by atoms with van der Waals surface area (Å²) >= 11 is 1.84. The Labute approximate surface area is 143 Å². The van der Waals surface area contributed by atoms with Crippen molar-refractivity contribution in [3.05, 3.63) is 29.8 Å². The van der Waals surface area contributed by atoms with Gasteiger partial charge < -0.3 is 15.8 Å². The summed E-state index contributed by atoms with van der Waals surface area (Å²) in [6.07, 6.45) is 1.73. The maximum atomic E-state index is 12.4. The van der Waals surface area contributed by atoms with Crippen molar-refractivity contribution in [1.82, 2.24) is 5.32 Å². The van der Waals surface area contributed by atoms with Crippen LogP contribution in [0.25, 0.3) is 0 Å². The first kappa shape index (κ1) is 18.3. The highest BCUT2D eigenvalue weighted by atomic mass is 32.2. The lowest BCUT2D eigenvalue weighted by Gasteiger charge is -2.28. The van der Waals surface area contributed by atoms with Gasteiger partial charge in [-0.2, -0.15) is 0 Å². The van der Waals surface area contributed by atoms with Crippen LogP contribution in [-0.4, -0.2) is 30.4 Å². The normalized spacial score (nSPS) is 18.7. The summed E-state index contributed by atoms with van der Waals surface area (Å²) in [5.41, 5.74) is 7.23.